The van der Waals surface area contributed by atoms with Gasteiger partial charge in [0.25, 0.3) is 0 Å². The average molecular weight is 1410 g/mol. The van der Waals surface area contributed by atoms with Crippen LogP contribution in [0, 0.1) is 5.41 Å². The van der Waals surface area contributed by atoms with Crippen LogP contribution in [0.4, 0.5) is 41.9 Å². The lowest BCUT2D eigenvalue weighted by Crippen LogP contribution is -2.55. The Bertz CT molecular complexity index is 2990. The van der Waals surface area contributed by atoms with Gasteiger partial charge in [-0.25, -0.2) is 19.2 Å². The quantitative estimate of drug-likeness (QED) is 0.0593. The van der Waals surface area contributed by atoms with Crippen LogP contribution in [-0.4, -0.2) is 101 Å². The van der Waals surface area contributed by atoms with Crippen molar-refractivity contribution in [1.29, 1.82) is 0 Å². The molecule has 0 aliphatic heterocycles. The van der Waals surface area contributed by atoms with Crippen LogP contribution in [0.2, 0.25) is 0 Å². The molecule has 0 N–H and O–H groups in total. The Hall–Kier alpha value is -6.84. The highest BCUT2D eigenvalue weighted by molar-refractivity contribution is 5.74. The molecule has 4 rings (SSSR count). The second-order valence-electron chi connectivity index (χ2n) is 40.7. The smallest absolute Gasteiger partial charge is 0.428 e. The minimum absolute atomic E-state index is 0.430. The van der Waals surface area contributed by atoms with Gasteiger partial charge in [-0.2, -0.15) is 0 Å². The first-order valence-electron chi connectivity index (χ1n) is 36.1. The van der Waals surface area contributed by atoms with Crippen LogP contribution in [0.3, 0.4) is 0 Å². The monoisotopic (exact) mass is 1410 g/mol. The Morgan fingerprint density at radius 3 is 0.455 bits per heavy atom. The predicted octanol–water partition coefficient (Wildman–Crippen LogP) is 22.2. The number of anilines is 4. The van der Waals surface area contributed by atoms with E-state index in [1.807, 2.05) is 83.1 Å². The number of benzene rings is 4. The van der Waals surface area contributed by atoms with E-state index in [2.05, 4.69) is 262 Å². The summed E-state index contributed by atoms with van der Waals surface area (Å²) in [7, 11) is 8.58. The first-order chi connectivity index (χ1) is 44.8. The van der Waals surface area contributed by atoms with E-state index in [4.69, 9.17) is 37.9 Å². The summed E-state index contributed by atoms with van der Waals surface area (Å²) in [5.74, 6) is 1.88. The van der Waals surface area contributed by atoms with E-state index in [-0.39, 0.29) is 0 Å². The summed E-state index contributed by atoms with van der Waals surface area (Å²) in [6, 6.07) is 17.3. The Morgan fingerprint density at radius 1 is 0.238 bits per heavy atom. The molecule has 0 fully saturated rings. The fourth-order valence-electron chi connectivity index (χ4n) is 12.3. The highest BCUT2D eigenvalue weighted by Crippen LogP contribution is 2.49. The van der Waals surface area contributed by atoms with Crippen molar-refractivity contribution < 1.29 is 57.1 Å². The molecule has 0 aliphatic carbocycles. The van der Waals surface area contributed by atoms with Crippen molar-refractivity contribution in [3.63, 3.8) is 0 Å². The van der Waals surface area contributed by atoms with Crippen LogP contribution in [0.5, 0.6) is 23.0 Å². The van der Waals surface area contributed by atoms with Gasteiger partial charge in [-0.1, -0.05) is 166 Å². The Balaban J connectivity index is 2.40. The number of carbonyl (C=O) groups is 4. The molecular formula is C85H136N4O12. The van der Waals surface area contributed by atoms with E-state index in [0.717, 1.165) is 67.3 Å². The third-order valence-electron chi connectivity index (χ3n) is 17.1. The number of rotatable bonds is 16. The van der Waals surface area contributed by atoms with Gasteiger partial charge < -0.3 is 57.5 Å². The number of nitrogens with zero attached hydrogens (tertiary/aromatic N) is 4. The number of ether oxygens (including phenoxy) is 8. The van der Waals surface area contributed by atoms with E-state index >= 15 is 0 Å². The third-order valence-corrected chi connectivity index (χ3v) is 17.1. The topological polar surface area (TPSA) is 155 Å². The van der Waals surface area contributed by atoms with Crippen molar-refractivity contribution in [1.82, 2.24) is 0 Å². The number of hydrogen-bond donors (Lipinski definition) is 0. The minimum Gasteiger partial charge on any atom is -0.428 e. The molecule has 568 valence electrons. The van der Waals surface area contributed by atoms with Crippen LogP contribution >= 0.6 is 0 Å². The Kier molecular flexibility index (Phi) is 25.5. The highest BCUT2D eigenvalue weighted by atomic mass is 16.8. The summed E-state index contributed by atoms with van der Waals surface area (Å²) in [5, 5.41) is 0. The molecule has 0 radical (unpaired) electrons. The van der Waals surface area contributed by atoms with Crippen molar-refractivity contribution >= 4 is 47.4 Å². The first-order valence-corrected chi connectivity index (χ1v) is 36.1. The summed E-state index contributed by atoms with van der Waals surface area (Å²) < 4.78 is 49.0. The zero-order valence-electron chi connectivity index (χ0n) is 70.6. The molecule has 0 saturated heterocycles. The van der Waals surface area contributed by atoms with Gasteiger partial charge >= 0.3 is 24.6 Å². The van der Waals surface area contributed by atoms with Gasteiger partial charge in [0.1, 0.15) is 45.4 Å². The molecule has 0 bridgehead atoms. The van der Waals surface area contributed by atoms with Gasteiger partial charge in [-0.15, -0.1) is 0 Å². The molecule has 0 spiro atoms. The van der Waals surface area contributed by atoms with Crippen LogP contribution in [0.25, 0.3) is 0 Å². The van der Waals surface area contributed by atoms with Crippen LogP contribution in [0.15, 0.2) is 48.5 Å². The predicted molar refractivity (Wildman–Crippen MR) is 418 cm³/mol. The molecule has 0 unspecified atom stereocenters. The fourth-order valence-corrected chi connectivity index (χ4v) is 12.3. The summed E-state index contributed by atoms with van der Waals surface area (Å²) in [5.41, 5.74) is 2.13. The molecule has 4 aromatic carbocycles. The van der Waals surface area contributed by atoms with E-state index < -0.39 is 95.8 Å². The maximum atomic E-state index is 13.9. The maximum Gasteiger partial charge on any atom is 0.514 e. The van der Waals surface area contributed by atoms with E-state index in [0.29, 0.717) is 49.2 Å². The van der Waals surface area contributed by atoms with Gasteiger partial charge in [0.05, 0.1) is 0 Å². The van der Waals surface area contributed by atoms with Gasteiger partial charge in [-0.3, -0.25) is 0 Å². The van der Waals surface area contributed by atoms with Crippen molar-refractivity contribution in [2.75, 3.05) is 74.0 Å². The minimum atomic E-state index is -0.817. The molecule has 0 heterocycles. The molecule has 0 aromatic heterocycles. The zero-order chi connectivity index (χ0) is 78.5. The van der Waals surface area contributed by atoms with Gasteiger partial charge in [0.15, 0.2) is 0 Å². The molecule has 4 aromatic rings. The standard InChI is InChI=1S/C85H136N4O12/c1-73(2,3)57-41-53(42-58(74(4,5)6)65(57)94-69(90)98-81(25,26)27)86(37)49-85(50-87(38)54-43-59(75(7,8)9)66(60(44-54)76(10,11)12)95-70(91)99-82(28,29)30,51-88(39)55-45-61(77(13,14)15)67(62(46-55)78(16,17)18)96-71(92)100-83(31,32)33)52-89(40)56-47-63(79(19,20)21)68(64(48-56)80(22,23)24)97-72(93)101-84(34,35)36/h41-48H,49-52H2,1-40H3. The summed E-state index contributed by atoms with van der Waals surface area (Å²) in [6.45, 7) is 74.9. The zero-order valence-corrected chi connectivity index (χ0v) is 70.6. The lowest BCUT2D eigenvalue weighted by atomic mass is 9.78. The molecule has 0 atom stereocenters. The Labute approximate surface area is 611 Å². The lowest BCUT2D eigenvalue weighted by molar-refractivity contribution is 0.0186. The second kappa shape index (κ2) is 29.7. The van der Waals surface area contributed by atoms with Gasteiger partial charge in [0, 0.05) is 127 Å². The average Bonchev–Trinajstić information content (AvgIpc) is 0.774. The van der Waals surface area contributed by atoms with Crippen LogP contribution in [-0.2, 0) is 62.3 Å². The van der Waals surface area contributed by atoms with Gasteiger partial charge in [-0.05, 0) is 175 Å². The van der Waals surface area contributed by atoms with Crippen molar-refractivity contribution in [2.45, 2.75) is 315 Å². The molecule has 16 nitrogen and oxygen atoms in total. The maximum absolute atomic E-state index is 13.9. The van der Waals surface area contributed by atoms with E-state index in [1.165, 1.54) is 0 Å². The van der Waals surface area contributed by atoms with Gasteiger partial charge in [0.2, 0.25) is 0 Å². The molecule has 0 aliphatic rings. The highest BCUT2D eigenvalue weighted by Gasteiger charge is 2.42. The van der Waals surface area contributed by atoms with Crippen molar-refractivity contribution in [3.05, 3.63) is 93.0 Å². The first kappa shape index (κ1) is 86.6. The van der Waals surface area contributed by atoms with Crippen LogP contribution < -0.4 is 38.5 Å². The normalized spacial score (nSPS) is 13.5. The fraction of sp³-hybridized carbons (Fsp3) is 0.671. The second-order valence-corrected chi connectivity index (χ2v) is 40.7. The Morgan fingerprint density at radius 2 is 0.356 bits per heavy atom. The molecule has 16 heteroatoms. The molecule has 0 saturated carbocycles. The van der Waals surface area contributed by atoms with Crippen LogP contribution in [0.1, 0.15) is 294 Å². The van der Waals surface area contributed by atoms with E-state index in [1.54, 1.807) is 0 Å². The third kappa shape index (κ3) is 24.7. The van der Waals surface area contributed by atoms with Crippen molar-refractivity contribution in [2.24, 2.45) is 5.41 Å². The largest absolute Gasteiger partial charge is 0.514 e. The summed E-state index contributed by atoms with van der Waals surface area (Å²) in [4.78, 5) is 65.0. The van der Waals surface area contributed by atoms with Crippen molar-refractivity contribution in [3.8, 4) is 23.0 Å². The molecular weight excluding hydrogens is 1270 g/mol. The molecule has 101 heavy (non-hydrogen) atoms. The number of hydrogen-bond acceptors (Lipinski definition) is 16. The summed E-state index contributed by atoms with van der Waals surface area (Å²) in [6.07, 6.45) is -3.12. The van der Waals surface area contributed by atoms with E-state index in [9.17, 15) is 19.2 Å². The molecule has 0 amide bonds. The lowest BCUT2D eigenvalue weighted by Gasteiger charge is -2.46. The summed E-state index contributed by atoms with van der Waals surface area (Å²) >= 11 is 0. The SMILES string of the molecule is CN(CC(CN(C)c1cc(C(C)(C)C)c(OC(=O)OC(C)(C)C)c(C(C)(C)C)c1)(CN(C)c1cc(C(C)(C)C)c(OC(=O)OC(C)(C)C)c(C(C)(C)C)c1)CN(C)c1cc(C(C)(C)C)c(OC(=O)OC(C)(C)C)c(C(C)(C)C)c1)c1cc(C(C)(C)C)c(OC(=O)OC(C)(C)C)c(C(C)(C)C)c1. The number of carbonyl (C=O) groups excluding carboxylic acids is 4.